The third-order valence-corrected chi connectivity index (χ3v) is 8.64. The van der Waals surface area contributed by atoms with Crippen LogP contribution in [0.4, 0.5) is 5.82 Å². The van der Waals surface area contributed by atoms with Gasteiger partial charge in [0.25, 0.3) is 0 Å². The van der Waals surface area contributed by atoms with E-state index >= 15 is 0 Å². The van der Waals surface area contributed by atoms with Crippen molar-refractivity contribution >= 4 is 11.8 Å². The van der Waals surface area contributed by atoms with Crippen LogP contribution >= 0.6 is 0 Å². The number of anilines is 1. The molecule has 8 heteroatoms. The molecule has 1 aliphatic heterocycles. The number of rotatable bonds is 15. The van der Waals surface area contributed by atoms with Gasteiger partial charge in [-0.3, -0.25) is 14.3 Å². The largest absolute Gasteiger partial charge is 0.494 e. The molecular formula is C32H44N4O4. The summed E-state index contributed by atoms with van der Waals surface area (Å²) in [6, 6.07) is 5.95. The Morgan fingerprint density at radius 1 is 0.975 bits per heavy atom. The van der Waals surface area contributed by atoms with E-state index in [1.807, 2.05) is 30.5 Å². The van der Waals surface area contributed by atoms with Gasteiger partial charge in [0.1, 0.15) is 11.9 Å². The minimum atomic E-state index is -0.470. The third kappa shape index (κ3) is 6.54. The zero-order valence-corrected chi connectivity index (χ0v) is 23.6. The number of carbonyl (C=O) groups excluding carboxylic acids is 1. The summed E-state index contributed by atoms with van der Waals surface area (Å²) in [5, 5.41) is 22.2. The van der Waals surface area contributed by atoms with Gasteiger partial charge in [-0.25, -0.2) is 4.98 Å². The van der Waals surface area contributed by atoms with Crippen molar-refractivity contribution in [3.05, 3.63) is 60.3 Å². The van der Waals surface area contributed by atoms with Crippen molar-refractivity contribution in [2.45, 2.75) is 82.3 Å². The minimum absolute atomic E-state index is 0.113. The average molecular weight is 549 g/mol. The highest BCUT2D eigenvalue weighted by Crippen LogP contribution is 2.56. The van der Waals surface area contributed by atoms with Crippen LogP contribution in [0.3, 0.4) is 0 Å². The molecule has 1 fully saturated rings. The monoisotopic (exact) mass is 548 g/mol. The molecule has 2 aromatic heterocycles. The first-order valence-electron chi connectivity index (χ1n) is 15.1. The van der Waals surface area contributed by atoms with Crippen LogP contribution in [0.5, 0.6) is 11.8 Å². The smallest absolute Gasteiger partial charge is 0.306 e. The summed E-state index contributed by atoms with van der Waals surface area (Å²) in [6.45, 7) is 7.89. The summed E-state index contributed by atoms with van der Waals surface area (Å²) in [4.78, 5) is 22.0. The van der Waals surface area contributed by atoms with E-state index in [1.54, 1.807) is 4.57 Å². The molecule has 216 valence electrons. The molecule has 3 aliphatic rings. The predicted octanol–water partition coefficient (Wildman–Crippen LogP) is 5.48. The van der Waals surface area contributed by atoms with Crippen molar-refractivity contribution in [3.63, 3.8) is 0 Å². The van der Waals surface area contributed by atoms with Crippen molar-refractivity contribution in [2.24, 2.45) is 0 Å². The Morgan fingerprint density at radius 3 is 2.30 bits per heavy atom. The highest BCUT2D eigenvalue weighted by Gasteiger charge is 2.41. The third-order valence-electron chi connectivity index (χ3n) is 8.64. The quantitative estimate of drug-likeness (QED) is 0.173. The van der Waals surface area contributed by atoms with Gasteiger partial charge in [0.15, 0.2) is 11.8 Å². The van der Waals surface area contributed by atoms with E-state index in [2.05, 4.69) is 33.5 Å². The molecule has 5 rings (SSSR count). The van der Waals surface area contributed by atoms with Crippen LogP contribution in [-0.2, 0) is 16.1 Å². The summed E-state index contributed by atoms with van der Waals surface area (Å²) in [5.74, 6) is 1.31. The van der Waals surface area contributed by atoms with Crippen LogP contribution in [0.15, 0.2) is 49.2 Å². The van der Waals surface area contributed by atoms with Gasteiger partial charge >= 0.3 is 5.97 Å². The highest BCUT2D eigenvalue weighted by molar-refractivity contribution is 5.69. The molecule has 0 spiro atoms. The number of piperazine rings is 1. The lowest BCUT2D eigenvalue weighted by Gasteiger charge is -2.37. The molecule has 0 aromatic carbocycles. The number of allylic oxidation sites excluding steroid dienone is 3. The first kappa shape index (κ1) is 28.3. The van der Waals surface area contributed by atoms with E-state index in [4.69, 9.17) is 4.74 Å². The van der Waals surface area contributed by atoms with Gasteiger partial charge in [-0.05, 0) is 37.8 Å². The fourth-order valence-corrected chi connectivity index (χ4v) is 6.50. The van der Waals surface area contributed by atoms with Crippen LogP contribution < -0.4 is 4.90 Å². The van der Waals surface area contributed by atoms with Crippen molar-refractivity contribution in [3.8, 4) is 11.8 Å². The summed E-state index contributed by atoms with van der Waals surface area (Å²) >= 11 is 0. The molecule has 0 amide bonds. The fraction of sp³-hybridized carbons (Fsp3) is 0.562. The molecule has 2 bridgehead atoms. The van der Waals surface area contributed by atoms with Crippen molar-refractivity contribution in [2.75, 3.05) is 37.6 Å². The van der Waals surface area contributed by atoms with Gasteiger partial charge in [-0.2, -0.15) is 0 Å². The normalized spacial score (nSPS) is 20.6. The van der Waals surface area contributed by atoms with Gasteiger partial charge in [-0.1, -0.05) is 50.0 Å². The first-order valence-corrected chi connectivity index (χ1v) is 15.1. The van der Waals surface area contributed by atoms with Crippen LogP contribution in [0.25, 0.3) is 0 Å². The number of unbranched alkanes of at least 4 members (excludes halogenated alkanes) is 6. The molecule has 40 heavy (non-hydrogen) atoms. The van der Waals surface area contributed by atoms with Crippen LogP contribution in [0.1, 0.15) is 80.8 Å². The molecule has 3 heterocycles. The molecule has 3 unspecified atom stereocenters. The number of hydrogen-bond donors (Lipinski definition) is 2. The van der Waals surface area contributed by atoms with E-state index in [9.17, 15) is 15.0 Å². The van der Waals surface area contributed by atoms with Gasteiger partial charge < -0.3 is 19.8 Å². The Hall–Kier alpha value is -3.26. The summed E-state index contributed by atoms with van der Waals surface area (Å²) < 4.78 is 7.59. The number of pyridine rings is 1. The second kappa shape index (κ2) is 13.4. The Kier molecular flexibility index (Phi) is 9.47. The first-order chi connectivity index (χ1) is 19.5. The Labute approximate surface area is 238 Å². The summed E-state index contributed by atoms with van der Waals surface area (Å²) in [5.41, 5.74) is 1.68. The topological polar surface area (TPSA) is 91.1 Å². The van der Waals surface area contributed by atoms with Gasteiger partial charge in [0, 0.05) is 68.3 Å². The number of fused-ring (bicyclic) bond motifs is 5. The molecule has 0 saturated carbocycles. The van der Waals surface area contributed by atoms with E-state index in [-0.39, 0.29) is 36.1 Å². The highest BCUT2D eigenvalue weighted by atomic mass is 16.5. The Morgan fingerprint density at radius 2 is 1.65 bits per heavy atom. The standard InChI is InChI=1S/C32H44N4O4/c1-2-3-4-5-6-7-8-9-13-28(37)40-26(22-34-17-19-35(20-18-34)27-12-10-11-16-33-27)23-36-31(38)29-24-14-15-25(21-24)30(29)32(36)39/h2,10-12,14-16,24-26,38-39H,1,3-9,13,17-23H2. The van der Waals surface area contributed by atoms with Crippen molar-refractivity contribution in [1.82, 2.24) is 14.5 Å². The second-order valence-corrected chi connectivity index (χ2v) is 11.5. The maximum Gasteiger partial charge on any atom is 0.306 e. The van der Waals surface area contributed by atoms with Crippen molar-refractivity contribution < 1.29 is 19.7 Å². The number of aromatic nitrogens is 2. The summed E-state index contributed by atoms with van der Waals surface area (Å²) in [7, 11) is 0. The number of esters is 1. The maximum atomic E-state index is 12.9. The van der Waals surface area contributed by atoms with Crippen molar-refractivity contribution in [1.29, 1.82) is 0 Å². The van der Waals surface area contributed by atoms with Crippen LogP contribution in [0.2, 0.25) is 0 Å². The molecule has 2 N–H and O–H groups in total. The second-order valence-electron chi connectivity index (χ2n) is 11.5. The fourth-order valence-electron chi connectivity index (χ4n) is 6.50. The minimum Gasteiger partial charge on any atom is -0.494 e. The lowest BCUT2D eigenvalue weighted by atomic mass is 10.0. The Bertz CT molecular complexity index is 1130. The number of aromatic hydroxyl groups is 2. The lowest BCUT2D eigenvalue weighted by Crippen LogP contribution is -2.49. The number of ether oxygens (including phenoxy) is 1. The predicted molar refractivity (Wildman–Crippen MR) is 157 cm³/mol. The van der Waals surface area contributed by atoms with Crippen LogP contribution in [-0.4, -0.2) is 69.5 Å². The maximum absolute atomic E-state index is 12.9. The Balaban J connectivity index is 1.18. The van der Waals surface area contributed by atoms with Crippen LogP contribution in [0, 0.1) is 0 Å². The van der Waals surface area contributed by atoms with Gasteiger partial charge in [0.05, 0.1) is 6.54 Å². The number of nitrogens with zero attached hydrogens (tertiary/aromatic N) is 4. The molecule has 3 atom stereocenters. The molecule has 2 aliphatic carbocycles. The van der Waals surface area contributed by atoms with Gasteiger partial charge in [0.2, 0.25) is 0 Å². The van der Waals surface area contributed by atoms with E-state index in [0.717, 1.165) is 75.2 Å². The summed E-state index contributed by atoms with van der Waals surface area (Å²) in [6.07, 6.45) is 16.5. The van der Waals surface area contributed by atoms with E-state index < -0.39 is 6.10 Å². The molecule has 0 radical (unpaired) electrons. The molecule has 8 nitrogen and oxygen atoms in total. The van der Waals surface area contributed by atoms with Gasteiger partial charge in [-0.15, -0.1) is 6.58 Å². The zero-order chi connectivity index (χ0) is 27.9. The lowest BCUT2D eigenvalue weighted by molar-refractivity contribution is -0.151. The molecular weight excluding hydrogens is 504 g/mol. The number of carbonyl (C=O) groups is 1. The van der Waals surface area contributed by atoms with E-state index in [0.29, 0.717) is 13.0 Å². The SMILES string of the molecule is C=CCCCCCCCCC(=O)OC(CN1CCN(c2ccccn2)CC1)Cn1c(O)c2c(c1O)C1C=CC2C1. The number of hydrogen-bond acceptors (Lipinski definition) is 7. The molecule has 1 saturated heterocycles. The van der Waals surface area contributed by atoms with E-state index in [1.165, 1.54) is 19.3 Å². The molecule has 2 aromatic rings. The zero-order valence-electron chi connectivity index (χ0n) is 23.6. The average Bonchev–Trinajstić information content (AvgIpc) is 3.66.